The molecule has 1 amide bonds. The molecule has 1 N–H and O–H groups in total. The monoisotopic (exact) mass is 394 g/mol. The van der Waals surface area contributed by atoms with Gasteiger partial charge in [-0.2, -0.15) is 0 Å². The molecule has 3 aromatic heterocycles. The van der Waals surface area contributed by atoms with Gasteiger partial charge in [0.2, 0.25) is 5.95 Å². The number of amides is 1. The van der Waals surface area contributed by atoms with E-state index in [-0.39, 0.29) is 11.9 Å². The van der Waals surface area contributed by atoms with E-state index in [9.17, 15) is 4.79 Å². The minimum Gasteiger partial charge on any atom is -0.329 e. The number of pyridine rings is 1. The average Bonchev–Trinajstić information content (AvgIpc) is 3.29. The van der Waals surface area contributed by atoms with Crippen LogP contribution in [0, 0.1) is 20.8 Å². The zero-order valence-corrected chi connectivity index (χ0v) is 17.0. The molecule has 0 bridgehead atoms. The van der Waals surface area contributed by atoms with Crippen LogP contribution in [0.5, 0.6) is 0 Å². The summed E-state index contributed by atoms with van der Waals surface area (Å²) < 4.78 is 0. The Morgan fingerprint density at radius 2 is 1.96 bits per heavy atom. The number of carbonyl (C=O) groups excluding carboxylic acids is 1. The molecule has 0 radical (unpaired) electrons. The van der Waals surface area contributed by atoms with E-state index in [1.165, 1.54) is 11.3 Å². The van der Waals surface area contributed by atoms with Crippen LogP contribution in [0.2, 0.25) is 0 Å². The highest BCUT2D eigenvalue weighted by Crippen LogP contribution is 2.33. The van der Waals surface area contributed by atoms with Gasteiger partial charge in [0, 0.05) is 17.9 Å². The summed E-state index contributed by atoms with van der Waals surface area (Å²) in [5.41, 5.74) is 5.19. The molecular weight excluding hydrogens is 372 g/mol. The Hall–Kier alpha value is -2.87. The fourth-order valence-electron chi connectivity index (χ4n) is 3.56. The minimum absolute atomic E-state index is 0.0316. The van der Waals surface area contributed by atoms with E-state index in [1.54, 1.807) is 5.51 Å². The molecule has 0 saturated carbocycles. The maximum Gasteiger partial charge on any atom is 0.266 e. The van der Waals surface area contributed by atoms with Gasteiger partial charge in [-0.25, -0.2) is 19.9 Å². The van der Waals surface area contributed by atoms with E-state index in [2.05, 4.69) is 20.3 Å². The Morgan fingerprint density at radius 3 is 2.68 bits per heavy atom. The van der Waals surface area contributed by atoms with Crippen molar-refractivity contribution in [3.63, 3.8) is 0 Å². The van der Waals surface area contributed by atoms with Crippen LogP contribution in [0.15, 0.2) is 29.8 Å². The van der Waals surface area contributed by atoms with Crippen molar-refractivity contribution in [3.05, 3.63) is 57.4 Å². The zero-order valence-electron chi connectivity index (χ0n) is 16.1. The lowest BCUT2D eigenvalue weighted by Gasteiger charge is -2.24. The molecule has 1 aliphatic rings. The molecule has 4 heterocycles. The Kier molecular flexibility index (Phi) is 5.04. The van der Waals surface area contributed by atoms with E-state index in [4.69, 9.17) is 4.98 Å². The SMILES string of the molecule is Cc1cc(C)nc(Nc2cccc(C3CCCN3C(=O)c3scnc3C)n2)n1. The van der Waals surface area contributed by atoms with Crippen molar-refractivity contribution in [1.82, 2.24) is 24.8 Å². The molecule has 1 saturated heterocycles. The fraction of sp³-hybridized carbons (Fsp3) is 0.350. The van der Waals surface area contributed by atoms with Gasteiger partial charge < -0.3 is 10.2 Å². The summed E-state index contributed by atoms with van der Waals surface area (Å²) in [4.78, 5) is 33.4. The summed E-state index contributed by atoms with van der Waals surface area (Å²) in [5, 5.41) is 3.19. The van der Waals surface area contributed by atoms with Gasteiger partial charge in [-0.05, 0) is 51.8 Å². The van der Waals surface area contributed by atoms with Gasteiger partial charge >= 0.3 is 0 Å². The molecule has 144 valence electrons. The summed E-state index contributed by atoms with van der Waals surface area (Å²) in [7, 11) is 0. The largest absolute Gasteiger partial charge is 0.329 e. The fourth-order valence-corrected chi connectivity index (χ4v) is 4.32. The lowest BCUT2D eigenvalue weighted by atomic mass is 10.1. The number of aromatic nitrogens is 4. The summed E-state index contributed by atoms with van der Waals surface area (Å²) in [5.74, 6) is 1.25. The Bertz CT molecular complexity index is 997. The normalized spacial score (nSPS) is 16.4. The summed E-state index contributed by atoms with van der Waals surface area (Å²) in [6.45, 7) is 6.49. The number of anilines is 2. The smallest absolute Gasteiger partial charge is 0.266 e. The van der Waals surface area contributed by atoms with Gasteiger partial charge in [0.15, 0.2) is 0 Å². The summed E-state index contributed by atoms with van der Waals surface area (Å²) >= 11 is 1.40. The molecule has 1 atom stereocenters. The van der Waals surface area contributed by atoms with E-state index < -0.39 is 0 Å². The second-order valence-corrected chi connectivity index (χ2v) is 7.83. The Labute approximate surface area is 167 Å². The molecule has 28 heavy (non-hydrogen) atoms. The third kappa shape index (κ3) is 3.73. The number of carbonyl (C=O) groups is 1. The van der Waals surface area contributed by atoms with Crippen molar-refractivity contribution in [2.45, 2.75) is 39.7 Å². The quantitative estimate of drug-likeness (QED) is 0.721. The highest BCUT2D eigenvalue weighted by molar-refractivity contribution is 7.11. The molecule has 7 nitrogen and oxygen atoms in total. The highest BCUT2D eigenvalue weighted by Gasteiger charge is 2.33. The third-order valence-electron chi connectivity index (χ3n) is 4.79. The van der Waals surface area contributed by atoms with Gasteiger partial charge in [-0.15, -0.1) is 11.3 Å². The zero-order chi connectivity index (χ0) is 19.7. The molecule has 8 heteroatoms. The molecular formula is C20H22N6OS. The molecule has 1 unspecified atom stereocenters. The highest BCUT2D eigenvalue weighted by atomic mass is 32.1. The topological polar surface area (TPSA) is 83.9 Å². The van der Waals surface area contributed by atoms with E-state index in [0.29, 0.717) is 16.6 Å². The molecule has 1 fully saturated rings. The van der Waals surface area contributed by atoms with Crippen LogP contribution in [0.4, 0.5) is 11.8 Å². The molecule has 1 aliphatic heterocycles. The van der Waals surface area contributed by atoms with Crippen LogP contribution in [-0.2, 0) is 0 Å². The van der Waals surface area contributed by atoms with Crippen LogP contribution < -0.4 is 5.32 Å². The summed E-state index contributed by atoms with van der Waals surface area (Å²) in [6, 6.07) is 7.71. The van der Waals surface area contributed by atoms with Gasteiger partial charge in [0.05, 0.1) is 22.9 Å². The van der Waals surface area contributed by atoms with Crippen LogP contribution in [0.1, 0.15) is 51.3 Å². The number of hydrogen-bond donors (Lipinski definition) is 1. The number of nitrogens with one attached hydrogen (secondary N) is 1. The van der Waals surface area contributed by atoms with E-state index in [1.807, 2.05) is 49.9 Å². The molecule has 3 aromatic rings. The third-order valence-corrected chi connectivity index (χ3v) is 5.70. The van der Waals surface area contributed by atoms with Crippen LogP contribution in [-0.4, -0.2) is 37.3 Å². The lowest BCUT2D eigenvalue weighted by Crippen LogP contribution is -2.31. The summed E-state index contributed by atoms with van der Waals surface area (Å²) in [6.07, 6.45) is 1.87. The van der Waals surface area contributed by atoms with Crippen molar-refractivity contribution < 1.29 is 4.79 Å². The lowest BCUT2D eigenvalue weighted by molar-refractivity contribution is 0.0737. The number of rotatable bonds is 4. The number of aryl methyl sites for hydroxylation is 3. The number of hydrogen-bond acceptors (Lipinski definition) is 7. The predicted octanol–water partition coefficient (Wildman–Crippen LogP) is 3.97. The van der Waals surface area contributed by atoms with E-state index >= 15 is 0 Å². The first kappa shape index (κ1) is 18.5. The van der Waals surface area contributed by atoms with Gasteiger partial charge in [-0.3, -0.25) is 4.79 Å². The minimum atomic E-state index is -0.0316. The number of likely N-dealkylation sites (tertiary alicyclic amines) is 1. The van der Waals surface area contributed by atoms with Crippen LogP contribution >= 0.6 is 11.3 Å². The molecule has 0 aliphatic carbocycles. The maximum atomic E-state index is 13.0. The van der Waals surface area contributed by atoms with Gasteiger partial charge in [-0.1, -0.05) is 6.07 Å². The standard InChI is InChI=1S/C20H22N6OS/c1-12-10-13(2)23-20(22-12)25-17-8-4-6-15(24-17)16-7-5-9-26(16)19(27)18-14(3)21-11-28-18/h4,6,8,10-11,16H,5,7,9H2,1-3H3,(H,22,23,24,25). The van der Waals surface area contributed by atoms with Gasteiger partial charge in [0.1, 0.15) is 10.7 Å². The first-order chi connectivity index (χ1) is 13.5. The maximum absolute atomic E-state index is 13.0. The predicted molar refractivity (Wildman–Crippen MR) is 109 cm³/mol. The van der Waals surface area contributed by atoms with Crippen molar-refractivity contribution in [2.75, 3.05) is 11.9 Å². The van der Waals surface area contributed by atoms with Crippen LogP contribution in [0.3, 0.4) is 0 Å². The molecule has 0 aromatic carbocycles. The second-order valence-electron chi connectivity index (χ2n) is 6.97. The van der Waals surface area contributed by atoms with Crippen LogP contribution in [0.25, 0.3) is 0 Å². The molecule has 0 spiro atoms. The Balaban J connectivity index is 1.58. The van der Waals surface area contributed by atoms with E-state index in [0.717, 1.165) is 42.2 Å². The number of nitrogens with zero attached hydrogens (tertiary/aromatic N) is 5. The van der Waals surface area contributed by atoms with Crippen molar-refractivity contribution >= 4 is 29.0 Å². The van der Waals surface area contributed by atoms with Crippen molar-refractivity contribution in [2.24, 2.45) is 0 Å². The average molecular weight is 395 g/mol. The Morgan fingerprint density at radius 1 is 1.18 bits per heavy atom. The number of thiazole rings is 1. The van der Waals surface area contributed by atoms with Crippen molar-refractivity contribution in [1.29, 1.82) is 0 Å². The molecule has 4 rings (SSSR count). The first-order valence-electron chi connectivity index (χ1n) is 9.28. The first-order valence-corrected chi connectivity index (χ1v) is 10.2. The van der Waals surface area contributed by atoms with Crippen molar-refractivity contribution in [3.8, 4) is 0 Å². The van der Waals surface area contributed by atoms with Gasteiger partial charge in [0.25, 0.3) is 5.91 Å². The second kappa shape index (κ2) is 7.63.